The largest absolute Gasteiger partial charge is 0.497 e. The van der Waals surface area contributed by atoms with Crippen LogP contribution in [0.1, 0.15) is 12.5 Å². The third-order valence-corrected chi connectivity index (χ3v) is 3.28. The third kappa shape index (κ3) is 5.76. The predicted octanol–water partition coefficient (Wildman–Crippen LogP) is 3.42. The van der Waals surface area contributed by atoms with Crippen LogP contribution in [0, 0.1) is 5.82 Å². The molecule has 25 heavy (non-hydrogen) atoms. The highest BCUT2D eigenvalue weighted by atomic mass is 19.1. The Morgan fingerprint density at radius 1 is 1.16 bits per heavy atom. The number of hydrogen-bond acceptors (Lipinski definition) is 4. The molecule has 2 aromatic carbocycles. The summed E-state index contributed by atoms with van der Waals surface area (Å²) in [6, 6.07) is 12.4. The van der Waals surface area contributed by atoms with Gasteiger partial charge in [0.25, 0.3) is 5.91 Å². The van der Waals surface area contributed by atoms with E-state index in [0.717, 1.165) is 5.56 Å². The number of amides is 1. The summed E-state index contributed by atoms with van der Waals surface area (Å²) in [4.78, 5) is 23.8. The number of anilines is 1. The standard InChI is InChI=1S/C19H18FNO4/c1-13(19(23)21-16-9-7-15(20)8-10-16)25-18(22)11-6-14-4-3-5-17(12-14)24-2/h3-13H,1-2H3,(H,21,23)/b11-6+/t13-/m0/s1. The van der Waals surface area contributed by atoms with Gasteiger partial charge in [0.2, 0.25) is 0 Å². The van der Waals surface area contributed by atoms with Crippen molar-refractivity contribution in [2.24, 2.45) is 0 Å². The van der Waals surface area contributed by atoms with Crippen molar-refractivity contribution in [2.75, 3.05) is 12.4 Å². The normalized spacial score (nSPS) is 11.8. The van der Waals surface area contributed by atoms with Gasteiger partial charge in [-0.05, 0) is 55.0 Å². The first-order valence-electron chi connectivity index (χ1n) is 7.57. The van der Waals surface area contributed by atoms with Gasteiger partial charge < -0.3 is 14.8 Å². The Morgan fingerprint density at radius 3 is 2.56 bits per heavy atom. The molecule has 2 aromatic rings. The minimum atomic E-state index is -0.993. The van der Waals surface area contributed by atoms with E-state index >= 15 is 0 Å². The molecular weight excluding hydrogens is 325 g/mol. The van der Waals surface area contributed by atoms with Gasteiger partial charge in [0.05, 0.1) is 7.11 Å². The molecule has 0 saturated carbocycles. The fraction of sp³-hybridized carbons (Fsp3) is 0.158. The van der Waals surface area contributed by atoms with E-state index in [1.54, 1.807) is 37.5 Å². The van der Waals surface area contributed by atoms with E-state index in [2.05, 4.69) is 5.32 Å². The molecular formula is C19H18FNO4. The number of nitrogens with one attached hydrogen (secondary N) is 1. The lowest BCUT2D eigenvalue weighted by Gasteiger charge is -2.12. The predicted molar refractivity (Wildman–Crippen MR) is 92.6 cm³/mol. The van der Waals surface area contributed by atoms with Crippen molar-refractivity contribution in [1.29, 1.82) is 0 Å². The lowest BCUT2D eigenvalue weighted by Crippen LogP contribution is -2.29. The van der Waals surface area contributed by atoms with Crippen molar-refractivity contribution in [3.05, 3.63) is 66.0 Å². The molecule has 0 bridgehead atoms. The SMILES string of the molecule is COc1cccc(/C=C/C(=O)O[C@@H](C)C(=O)Nc2ccc(F)cc2)c1. The molecule has 0 aliphatic rings. The highest BCUT2D eigenvalue weighted by Gasteiger charge is 2.16. The Hall–Kier alpha value is -3.15. The molecule has 0 aliphatic carbocycles. The van der Waals surface area contributed by atoms with Gasteiger partial charge >= 0.3 is 5.97 Å². The summed E-state index contributed by atoms with van der Waals surface area (Å²) in [5.74, 6) is -0.887. The number of halogens is 1. The van der Waals surface area contributed by atoms with Crippen molar-refractivity contribution < 1.29 is 23.5 Å². The van der Waals surface area contributed by atoms with Crippen LogP contribution in [0.3, 0.4) is 0 Å². The maximum atomic E-state index is 12.8. The zero-order valence-electron chi connectivity index (χ0n) is 13.9. The smallest absolute Gasteiger partial charge is 0.331 e. The van der Waals surface area contributed by atoms with E-state index in [1.165, 1.54) is 37.3 Å². The molecule has 1 amide bonds. The van der Waals surface area contributed by atoms with E-state index in [4.69, 9.17) is 9.47 Å². The number of benzene rings is 2. The third-order valence-electron chi connectivity index (χ3n) is 3.28. The van der Waals surface area contributed by atoms with Gasteiger partial charge in [-0.1, -0.05) is 12.1 Å². The Bertz CT molecular complexity index is 771. The molecule has 1 N–H and O–H groups in total. The van der Waals surface area contributed by atoms with Crippen LogP contribution in [0.2, 0.25) is 0 Å². The van der Waals surface area contributed by atoms with E-state index in [1.807, 2.05) is 0 Å². The van der Waals surface area contributed by atoms with Gasteiger partial charge in [0, 0.05) is 11.8 Å². The van der Waals surface area contributed by atoms with Crippen molar-refractivity contribution in [3.8, 4) is 5.75 Å². The molecule has 0 aliphatic heterocycles. The molecule has 6 heteroatoms. The summed E-state index contributed by atoms with van der Waals surface area (Å²) in [7, 11) is 1.55. The molecule has 1 atom stereocenters. The van der Waals surface area contributed by atoms with E-state index < -0.39 is 23.8 Å². The second-order valence-corrected chi connectivity index (χ2v) is 5.19. The second-order valence-electron chi connectivity index (χ2n) is 5.19. The maximum absolute atomic E-state index is 12.8. The molecule has 0 fully saturated rings. The van der Waals surface area contributed by atoms with E-state index in [9.17, 15) is 14.0 Å². The average molecular weight is 343 g/mol. The summed E-state index contributed by atoms with van der Waals surface area (Å²) in [5, 5.41) is 2.54. The number of rotatable bonds is 6. The lowest BCUT2D eigenvalue weighted by molar-refractivity contribution is -0.148. The zero-order chi connectivity index (χ0) is 18.2. The van der Waals surface area contributed by atoms with Crippen molar-refractivity contribution in [2.45, 2.75) is 13.0 Å². The van der Waals surface area contributed by atoms with Crippen LogP contribution >= 0.6 is 0 Å². The maximum Gasteiger partial charge on any atom is 0.331 e. The van der Waals surface area contributed by atoms with Crippen LogP contribution < -0.4 is 10.1 Å². The van der Waals surface area contributed by atoms with Crippen molar-refractivity contribution in [3.63, 3.8) is 0 Å². The lowest BCUT2D eigenvalue weighted by atomic mass is 10.2. The van der Waals surface area contributed by atoms with Crippen LogP contribution in [0.4, 0.5) is 10.1 Å². The molecule has 0 heterocycles. The molecule has 5 nitrogen and oxygen atoms in total. The average Bonchev–Trinajstić information content (AvgIpc) is 2.62. The topological polar surface area (TPSA) is 64.6 Å². The quantitative estimate of drug-likeness (QED) is 0.645. The van der Waals surface area contributed by atoms with Gasteiger partial charge in [0.1, 0.15) is 11.6 Å². The second kappa shape index (κ2) is 8.63. The van der Waals surface area contributed by atoms with Crippen LogP contribution in [0.25, 0.3) is 6.08 Å². The summed E-state index contributed by atoms with van der Waals surface area (Å²) in [5.41, 5.74) is 1.18. The first kappa shape index (κ1) is 18.2. The number of ether oxygens (including phenoxy) is 2. The monoisotopic (exact) mass is 343 g/mol. The molecule has 130 valence electrons. The summed E-state index contributed by atoms with van der Waals surface area (Å²) in [6.07, 6.45) is 1.80. The van der Waals surface area contributed by atoms with E-state index in [0.29, 0.717) is 11.4 Å². The van der Waals surface area contributed by atoms with Crippen LogP contribution in [0.5, 0.6) is 5.75 Å². The van der Waals surface area contributed by atoms with Crippen LogP contribution in [-0.2, 0) is 14.3 Å². The number of esters is 1. The van der Waals surface area contributed by atoms with Crippen LogP contribution in [-0.4, -0.2) is 25.1 Å². The molecule has 0 unspecified atom stereocenters. The minimum Gasteiger partial charge on any atom is -0.497 e. The fourth-order valence-electron chi connectivity index (χ4n) is 1.95. The summed E-state index contributed by atoms with van der Waals surface area (Å²) in [6.45, 7) is 1.45. The number of carbonyl (C=O) groups is 2. The van der Waals surface area contributed by atoms with Gasteiger partial charge in [-0.2, -0.15) is 0 Å². The molecule has 2 rings (SSSR count). The van der Waals surface area contributed by atoms with Gasteiger partial charge in [-0.3, -0.25) is 4.79 Å². The van der Waals surface area contributed by atoms with Gasteiger partial charge in [-0.25, -0.2) is 9.18 Å². The molecule has 0 aromatic heterocycles. The Morgan fingerprint density at radius 2 is 1.88 bits per heavy atom. The van der Waals surface area contributed by atoms with Gasteiger partial charge in [-0.15, -0.1) is 0 Å². The Kier molecular flexibility index (Phi) is 6.28. The number of hydrogen-bond donors (Lipinski definition) is 1. The van der Waals surface area contributed by atoms with Crippen molar-refractivity contribution in [1.82, 2.24) is 0 Å². The summed E-state index contributed by atoms with van der Waals surface area (Å²) < 4.78 is 23.0. The first-order valence-corrected chi connectivity index (χ1v) is 7.57. The first-order chi connectivity index (χ1) is 12.0. The fourth-order valence-corrected chi connectivity index (χ4v) is 1.95. The zero-order valence-corrected chi connectivity index (χ0v) is 13.9. The van der Waals surface area contributed by atoms with Gasteiger partial charge in [0.15, 0.2) is 6.10 Å². The Labute approximate surface area is 145 Å². The molecule has 0 spiro atoms. The highest BCUT2D eigenvalue weighted by molar-refractivity contribution is 5.96. The number of carbonyl (C=O) groups excluding carboxylic acids is 2. The number of methoxy groups -OCH3 is 1. The summed E-state index contributed by atoms with van der Waals surface area (Å²) >= 11 is 0. The van der Waals surface area contributed by atoms with Crippen LogP contribution in [0.15, 0.2) is 54.6 Å². The molecule has 0 radical (unpaired) electrons. The molecule has 0 saturated heterocycles. The minimum absolute atomic E-state index is 0.403. The highest BCUT2D eigenvalue weighted by Crippen LogP contribution is 2.14. The Balaban J connectivity index is 1.89. The van der Waals surface area contributed by atoms with Crippen molar-refractivity contribution >= 4 is 23.6 Å². The van der Waals surface area contributed by atoms with E-state index in [-0.39, 0.29) is 0 Å².